The van der Waals surface area contributed by atoms with Gasteiger partial charge in [-0.25, -0.2) is 4.39 Å². The van der Waals surface area contributed by atoms with E-state index in [2.05, 4.69) is 0 Å². The van der Waals surface area contributed by atoms with Crippen molar-refractivity contribution in [1.82, 2.24) is 0 Å². The summed E-state index contributed by atoms with van der Waals surface area (Å²) in [6, 6.07) is 9.28. The van der Waals surface area contributed by atoms with E-state index in [4.69, 9.17) is 22.1 Å². The van der Waals surface area contributed by atoms with E-state index in [1.54, 1.807) is 30.3 Å². The van der Waals surface area contributed by atoms with Crippen LogP contribution in [-0.2, 0) is 6.61 Å². The minimum atomic E-state index is -0.503. The number of carbonyl (C=O) groups is 1. The number of carbonyl (C=O) groups excluding carboxylic acids is 1. The first-order valence-electron chi connectivity index (χ1n) is 5.95. The monoisotopic (exact) mass is 293 g/mol. The molecule has 0 bridgehead atoms. The van der Waals surface area contributed by atoms with Crippen molar-refractivity contribution in [2.45, 2.75) is 13.5 Å². The van der Waals surface area contributed by atoms with Crippen LogP contribution in [0, 0.1) is 5.82 Å². The van der Waals surface area contributed by atoms with Crippen LogP contribution in [-0.4, -0.2) is 5.78 Å². The molecule has 0 saturated carbocycles. The van der Waals surface area contributed by atoms with Gasteiger partial charge in [0.25, 0.3) is 0 Å². The fraction of sp³-hybridized carbons (Fsp3) is 0.133. The Bertz CT molecular complexity index is 658. The van der Waals surface area contributed by atoms with Gasteiger partial charge in [0.2, 0.25) is 0 Å². The first-order chi connectivity index (χ1) is 9.49. The fourth-order valence-electron chi connectivity index (χ4n) is 1.76. The standard InChI is InChI=1S/C15H13ClFNO2/c1-9(19)12-7-11(18)5-6-14(12)20-8-10-3-2-4-13(17)15(10)16/h2-7H,8,18H2,1H3. The van der Waals surface area contributed by atoms with Crippen LogP contribution in [0.1, 0.15) is 22.8 Å². The number of anilines is 1. The lowest BCUT2D eigenvalue weighted by atomic mass is 10.1. The predicted octanol–water partition coefficient (Wildman–Crippen LogP) is 3.84. The lowest BCUT2D eigenvalue weighted by molar-refractivity contribution is 0.101. The van der Waals surface area contributed by atoms with Gasteiger partial charge in [0.15, 0.2) is 5.78 Å². The number of hydrogen-bond donors (Lipinski definition) is 1. The van der Waals surface area contributed by atoms with E-state index in [-0.39, 0.29) is 17.4 Å². The van der Waals surface area contributed by atoms with Gasteiger partial charge in [-0.2, -0.15) is 0 Å². The van der Waals surface area contributed by atoms with Gasteiger partial charge in [-0.05, 0) is 31.2 Å². The van der Waals surface area contributed by atoms with Crippen LogP contribution in [0.2, 0.25) is 5.02 Å². The Hall–Kier alpha value is -2.07. The quantitative estimate of drug-likeness (QED) is 0.688. The van der Waals surface area contributed by atoms with Crippen molar-refractivity contribution in [1.29, 1.82) is 0 Å². The second-order valence-corrected chi connectivity index (χ2v) is 4.69. The Morgan fingerprint density at radius 1 is 1.35 bits per heavy atom. The molecule has 2 rings (SSSR count). The number of benzene rings is 2. The highest BCUT2D eigenvalue weighted by molar-refractivity contribution is 6.31. The number of nitrogens with two attached hydrogens (primary N) is 1. The molecule has 0 spiro atoms. The van der Waals surface area contributed by atoms with E-state index in [1.165, 1.54) is 13.0 Å². The lowest BCUT2D eigenvalue weighted by Gasteiger charge is -2.11. The third kappa shape index (κ3) is 3.08. The number of halogens is 2. The van der Waals surface area contributed by atoms with Gasteiger partial charge in [0.1, 0.15) is 18.2 Å². The van der Waals surface area contributed by atoms with Crippen molar-refractivity contribution in [3.63, 3.8) is 0 Å². The Morgan fingerprint density at radius 3 is 2.80 bits per heavy atom. The number of hydrogen-bond acceptors (Lipinski definition) is 3. The highest BCUT2D eigenvalue weighted by Crippen LogP contribution is 2.25. The first-order valence-corrected chi connectivity index (χ1v) is 6.33. The van der Waals surface area contributed by atoms with E-state index < -0.39 is 5.82 Å². The number of ketones is 1. The largest absolute Gasteiger partial charge is 0.488 e. The number of ether oxygens (including phenoxy) is 1. The van der Waals surface area contributed by atoms with Crippen LogP contribution in [0.25, 0.3) is 0 Å². The summed E-state index contributed by atoms with van der Waals surface area (Å²) in [5.41, 5.74) is 7.01. The average Bonchev–Trinajstić information content (AvgIpc) is 2.41. The highest BCUT2D eigenvalue weighted by atomic mass is 35.5. The maximum absolute atomic E-state index is 13.3. The maximum Gasteiger partial charge on any atom is 0.163 e. The molecule has 2 aromatic carbocycles. The van der Waals surface area contributed by atoms with Gasteiger partial charge < -0.3 is 10.5 Å². The molecule has 0 radical (unpaired) electrons. The molecule has 0 heterocycles. The molecule has 0 aromatic heterocycles. The molecular formula is C15H13ClFNO2. The number of rotatable bonds is 4. The molecular weight excluding hydrogens is 281 g/mol. The minimum Gasteiger partial charge on any atom is -0.488 e. The van der Waals surface area contributed by atoms with Gasteiger partial charge in [-0.3, -0.25) is 4.79 Å². The van der Waals surface area contributed by atoms with Crippen molar-refractivity contribution >= 4 is 23.1 Å². The molecule has 0 aliphatic heterocycles. The zero-order valence-corrected chi connectivity index (χ0v) is 11.6. The Labute approximate surface area is 121 Å². The summed E-state index contributed by atoms with van der Waals surface area (Å²) >= 11 is 5.85. The molecule has 2 aromatic rings. The van der Waals surface area contributed by atoms with E-state index in [9.17, 15) is 9.18 Å². The molecule has 104 valence electrons. The zero-order chi connectivity index (χ0) is 14.7. The van der Waals surface area contributed by atoms with E-state index in [0.717, 1.165) is 0 Å². The third-order valence-corrected chi connectivity index (χ3v) is 3.22. The second kappa shape index (κ2) is 5.92. The summed E-state index contributed by atoms with van der Waals surface area (Å²) in [6.45, 7) is 1.50. The Kier molecular flexibility index (Phi) is 4.25. The van der Waals surface area contributed by atoms with Crippen molar-refractivity contribution in [2.24, 2.45) is 0 Å². The third-order valence-electron chi connectivity index (χ3n) is 2.80. The fourth-order valence-corrected chi connectivity index (χ4v) is 1.94. The molecule has 0 fully saturated rings. The van der Waals surface area contributed by atoms with Crippen LogP contribution in [0.15, 0.2) is 36.4 Å². The van der Waals surface area contributed by atoms with Gasteiger partial charge in [-0.1, -0.05) is 23.7 Å². The number of Topliss-reactive ketones (excluding diaryl/α,β-unsaturated/α-hetero) is 1. The molecule has 20 heavy (non-hydrogen) atoms. The van der Waals surface area contributed by atoms with Crippen molar-refractivity contribution in [3.8, 4) is 5.75 Å². The molecule has 0 unspecified atom stereocenters. The van der Waals surface area contributed by atoms with Gasteiger partial charge in [0.05, 0.1) is 10.6 Å². The normalized spacial score (nSPS) is 10.3. The molecule has 2 N–H and O–H groups in total. The summed E-state index contributed by atoms with van der Waals surface area (Å²) in [4.78, 5) is 11.5. The smallest absolute Gasteiger partial charge is 0.163 e. The lowest BCUT2D eigenvalue weighted by Crippen LogP contribution is -2.03. The molecule has 0 amide bonds. The molecule has 0 aliphatic rings. The predicted molar refractivity (Wildman–Crippen MR) is 76.6 cm³/mol. The summed E-state index contributed by atoms with van der Waals surface area (Å²) in [5, 5.41) is 0.0207. The minimum absolute atomic E-state index is 0.0207. The van der Waals surface area contributed by atoms with Crippen LogP contribution in [0.3, 0.4) is 0 Å². The molecule has 5 heteroatoms. The van der Waals surface area contributed by atoms with Gasteiger partial charge >= 0.3 is 0 Å². The maximum atomic E-state index is 13.3. The van der Waals surface area contributed by atoms with Gasteiger partial charge in [-0.15, -0.1) is 0 Å². The van der Waals surface area contributed by atoms with Crippen molar-refractivity contribution in [3.05, 3.63) is 58.4 Å². The summed E-state index contributed by atoms with van der Waals surface area (Å²) in [6.07, 6.45) is 0. The molecule has 0 atom stereocenters. The van der Waals surface area contributed by atoms with Gasteiger partial charge in [0, 0.05) is 11.3 Å². The molecule has 0 aliphatic carbocycles. The Balaban J connectivity index is 2.23. The zero-order valence-electron chi connectivity index (χ0n) is 10.8. The van der Waals surface area contributed by atoms with Crippen LogP contribution in [0.5, 0.6) is 5.75 Å². The van der Waals surface area contributed by atoms with Crippen LogP contribution in [0.4, 0.5) is 10.1 Å². The Morgan fingerprint density at radius 2 is 2.10 bits per heavy atom. The summed E-state index contributed by atoms with van der Waals surface area (Å²) in [5.74, 6) is -0.262. The van der Waals surface area contributed by atoms with Crippen LogP contribution >= 0.6 is 11.6 Å². The topological polar surface area (TPSA) is 52.3 Å². The second-order valence-electron chi connectivity index (χ2n) is 4.31. The SMILES string of the molecule is CC(=O)c1cc(N)ccc1OCc1cccc(F)c1Cl. The van der Waals surface area contributed by atoms with Crippen LogP contribution < -0.4 is 10.5 Å². The summed E-state index contributed by atoms with van der Waals surface area (Å²) < 4.78 is 18.9. The van der Waals surface area contributed by atoms with E-state index >= 15 is 0 Å². The average molecular weight is 294 g/mol. The first kappa shape index (κ1) is 14.3. The van der Waals surface area contributed by atoms with E-state index in [0.29, 0.717) is 22.6 Å². The number of nitrogen functional groups attached to an aromatic ring is 1. The molecule has 3 nitrogen and oxygen atoms in total. The highest BCUT2D eigenvalue weighted by Gasteiger charge is 2.11. The molecule has 0 saturated heterocycles. The van der Waals surface area contributed by atoms with Crippen molar-refractivity contribution < 1.29 is 13.9 Å². The van der Waals surface area contributed by atoms with E-state index in [1.807, 2.05) is 0 Å². The summed E-state index contributed by atoms with van der Waals surface area (Å²) in [7, 11) is 0. The van der Waals surface area contributed by atoms with Crippen molar-refractivity contribution in [2.75, 3.05) is 5.73 Å².